The molecule has 98 valence electrons. The Bertz CT molecular complexity index is 936. The van der Waals surface area contributed by atoms with Crippen molar-refractivity contribution in [2.45, 2.75) is 6.92 Å². The van der Waals surface area contributed by atoms with Crippen molar-refractivity contribution in [2.24, 2.45) is 0 Å². The van der Waals surface area contributed by atoms with E-state index in [2.05, 4.69) is 47.8 Å². The summed E-state index contributed by atoms with van der Waals surface area (Å²) in [5.74, 6) is 0. The summed E-state index contributed by atoms with van der Waals surface area (Å²) < 4.78 is 3.11. The first-order chi connectivity index (χ1) is 9.72. The van der Waals surface area contributed by atoms with Gasteiger partial charge >= 0.3 is 0 Å². The molecule has 3 aromatic heterocycles. The van der Waals surface area contributed by atoms with Crippen molar-refractivity contribution < 1.29 is 0 Å². The summed E-state index contributed by atoms with van der Waals surface area (Å²) in [6, 6.07) is 8.19. The third kappa shape index (κ3) is 1.67. The first-order valence-corrected chi connectivity index (χ1v) is 7.09. The third-order valence-electron chi connectivity index (χ3n) is 3.43. The third-order valence-corrected chi connectivity index (χ3v) is 4.09. The Balaban J connectivity index is 2.04. The van der Waals surface area contributed by atoms with Crippen molar-refractivity contribution >= 4 is 32.5 Å². The Labute approximate surface area is 123 Å². The van der Waals surface area contributed by atoms with E-state index in [1.165, 1.54) is 0 Å². The van der Waals surface area contributed by atoms with E-state index in [1.807, 2.05) is 37.5 Å². The normalized spacial score (nSPS) is 11.5. The summed E-state index contributed by atoms with van der Waals surface area (Å²) in [6.07, 6.45) is 5.99. The lowest BCUT2D eigenvalue weighted by Crippen LogP contribution is -1.87. The highest BCUT2D eigenvalue weighted by Gasteiger charge is 2.11. The van der Waals surface area contributed by atoms with E-state index >= 15 is 0 Å². The van der Waals surface area contributed by atoms with E-state index in [1.54, 1.807) is 0 Å². The molecule has 0 saturated heterocycles. The fourth-order valence-electron chi connectivity index (χ4n) is 2.55. The summed E-state index contributed by atoms with van der Waals surface area (Å²) in [5, 5.41) is 8.25. The number of pyridine rings is 1. The van der Waals surface area contributed by atoms with Gasteiger partial charge < -0.3 is 4.40 Å². The second-order valence-electron chi connectivity index (χ2n) is 4.82. The van der Waals surface area contributed by atoms with Crippen LogP contribution in [0.25, 0.3) is 27.7 Å². The van der Waals surface area contributed by atoms with Crippen LogP contribution in [0.4, 0.5) is 0 Å². The molecule has 20 heavy (non-hydrogen) atoms. The van der Waals surface area contributed by atoms with Crippen LogP contribution in [0.5, 0.6) is 0 Å². The number of hydrogen-bond donors (Lipinski definition) is 1. The first-order valence-electron chi connectivity index (χ1n) is 6.30. The van der Waals surface area contributed by atoms with Gasteiger partial charge in [0.05, 0.1) is 17.4 Å². The highest BCUT2D eigenvalue weighted by Crippen LogP contribution is 2.34. The summed E-state index contributed by atoms with van der Waals surface area (Å²) in [6.45, 7) is 2.00. The van der Waals surface area contributed by atoms with Crippen LogP contribution in [0.2, 0.25) is 0 Å². The monoisotopic (exact) mass is 326 g/mol. The van der Waals surface area contributed by atoms with E-state index < -0.39 is 0 Å². The minimum Gasteiger partial charge on any atom is -0.306 e. The average molecular weight is 327 g/mol. The van der Waals surface area contributed by atoms with Crippen molar-refractivity contribution in [3.05, 3.63) is 53.0 Å². The van der Waals surface area contributed by atoms with Crippen LogP contribution in [0.1, 0.15) is 5.69 Å². The molecule has 0 unspecified atom stereocenters. The van der Waals surface area contributed by atoms with E-state index in [0.717, 1.165) is 37.8 Å². The Kier molecular flexibility index (Phi) is 2.44. The molecular weight excluding hydrogens is 316 g/mol. The molecule has 0 saturated carbocycles. The van der Waals surface area contributed by atoms with Gasteiger partial charge in [-0.2, -0.15) is 5.10 Å². The average Bonchev–Trinajstić information content (AvgIpc) is 3.02. The number of nitrogens with zero attached hydrogens (tertiary/aromatic N) is 3. The SMILES string of the molecule is Cc1cn2cc(-c3c(Br)ccc4[nH]ncc34)ccc2n1. The van der Waals surface area contributed by atoms with Gasteiger partial charge in [0, 0.05) is 33.4 Å². The van der Waals surface area contributed by atoms with Crippen molar-refractivity contribution in [1.82, 2.24) is 19.6 Å². The van der Waals surface area contributed by atoms with Gasteiger partial charge in [0.15, 0.2) is 0 Å². The highest BCUT2D eigenvalue weighted by molar-refractivity contribution is 9.10. The summed E-state index contributed by atoms with van der Waals surface area (Å²) >= 11 is 3.64. The molecule has 0 aliphatic heterocycles. The number of hydrogen-bond acceptors (Lipinski definition) is 2. The molecule has 0 radical (unpaired) electrons. The Morgan fingerprint density at radius 2 is 2.05 bits per heavy atom. The van der Waals surface area contributed by atoms with Crippen LogP contribution >= 0.6 is 15.9 Å². The lowest BCUT2D eigenvalue weighted by atomic mass is 10.0. The van der Waals surface area contributed by atoms with Gasteiger partial charge in [-0.1, -0.05) is 15.9 Å². The van der Waals surface area contributed by atoms with Gasteiger partial charge in [-0.3, -0.25) is 5.10 Å². The van der Waals surface area contributed by atoms with Crippen LogP contribution in [-0.2, 0) is 0 Å². The molecule has 4 rings (SSSR count). The molecule has 0 spiro atoms. The van der Waals surface area contributed by atoms with Crippen LogP contribution in [0, 0.1) is 6.92 Å². The lowest BCUT2D eigenvalue weighted by molar-refractivity contribution is 1.12. The summed E-state index contributed by atoms with van der Waals surface area (Å²) in [7, 11) is 0. The standard InChI is InChI=1S/C15H11BrN4/c1-9-7-20-8-10(2-5-14(20)18-9)15-11-6-17-19-13(11)4-3-12(15)16/h2-8H,1H3,(H,17,19). The molecule has 0 bridgehead atoms. The molecule has 0 aliphatic rings. The number of imidazole rings is 1. The Morgan fingerprint density at radius 1 is 1.15 bits per heavy atom. The van der Waals surface area contributed by atoms with Gasteiger partial charge in [0.1, 0.15) is 5.65 Å². The molecule has 4 aromatic rings. The van der Waals surface area contributed by atoms with Gasteiger partial charge in [-0.05, 0) is 31.2 Å². The number of benzene rings is 1. The van der Waals surface area contributed by atoms with Crippen molar-refractivity contribution in [3.63, 3.8) is 0 Å². The van der Waals surface area contributed by atoms with Crippen molar-refractivity contribution in [3.8, 4) is 11.1 Å². The molecule has 0 fully saturated rings. The van der Waals surface area contributed by atoms with E-state index in [-0.39, 0.29) is 0 Å². The van der Waals surface area contributed by atoms with Crippen LogP contribution in [0.3, 0.4) is 0 Å². The number of nitrogens with one attached hydrogen (secondary N) is 1. The number of fused-ring (bicyclic) bond motifs is 2. The number of halogens is 1. The number of aryl methyl sites for hydroxylation is 1. The van der Waals surface area contributed by atoms with Gasteiger partial charge in [-0.25, -0.2) is 4.98 Å². The maximum Gasteiger partial charge on any atom is 0.136 e. The zero-order valence-electron chi connectivity index (χ0n) is 10.8. The summed E-state index contributed by atoms with van der Waals surface area (Å²) in [5.41, 5.74) is 5.29. The molecule has 0 amide bonds. The molecular formula is C15H11BrN4. The lowest BCUT2D eigenvalue weighted by Gasteiger charge is -2.07. The number of rotatable bonds is 1. The minimum atomic E-state index is 0.960. The van der Waals surface area contributed by atoms with Gasteiger partial charge in [-0.15, -0.1) is 0 Å². The van der Waals surface area contributed by atoms with Gasteiger partial charge in [0.2, 0.25) is 0 Å². The maximum atomic E-state index is 4.46. The molecule has 0 atom stereocenters. The largest absolute Gasteiger partial charge is 0.306 e. The fraction of sp³-hybridized carbons (Fsp3) is 0.0667. The predicted octanol–water partition coefficient (Wildman–Crippen LogP) is 3.95. The second kappa shape index (κ2) is 4.18. The van der Waals surface area contributed by atoms with Crippen molar-refractivity contribution in [1.29, 1.82) is 0 Å². The van der Waals surface area contributed by atoms with Gasteiger partial charge in [0.25, 0.3) is 0 Å². The maximum absolute atomic E-state index is 4.46. The number of H-pyrrole nitrogens is 1. The molecule has 3 heterocycles. The quantitative estimate of drug-likeness (QED) is 0.575. The summed E-state index contributed by atoms with van der Waals surface area (Å²) in [4.78, 5) is 4.46. The Morgan fingerprint density at radius 3 is 2.95 bits per heavy atom. The second-order valence-corrected chi connectivity index (χ2v) is 5.67. The predicted molar refractivity (Wildman–Crippen MR) is 82.7 cm³/mol. The highest BCUT2D eigenvalue weighted by atomic mass is 79.9. The molecule has 0 aliphatic carbocycles. The smallest absolute Gasteiger partial charge is 0.136 e. The zero-order valence-corrected chi connectivity index (χ0v) is 12.3. The minimum absolute atomic E-state index is 0.960. The first kappa shape index (κ1) is 11.7. The molecule has 1 aromatic carbocycles. The fourth-order valence-corrected chi connectivity index (χ4v) is 3.13. The molecule has 1 N–H and O–H groups in total. The number of aromatic nitrogens is 4. The van der Waals surface area contributed by atoms with Crippen LogP contribution < -0.4 is 0 Å². The van der Waals surface area contributed by atoms with Crippen LogP contribution in [0.15, 0.2) is 47.3 Å². The van der Waals surface area contributed by atoms with E-state index in [9.17, 15) is 0 Å². The van der Waals surface area contributed by atoms with Crippen LogP contribution in [-0.4, -0.2) is 19.6 Å². The molecule has 5 heteroatoms. The zero-order chi connectivity index (χ0) is 13.7. The van der Waals surface area contributed by atoms with E-state index in [4.69, 9.17) is 0 Å². The molecule has 4 nitrogen and oxygen atoms in total. The Hall–Kier alpha value is -2.14. The topological polar surface area (TPSA) is 46.0 Å². The van der Waals surface area contributed by atoms with E-state index in [0.29, 0.717) is 0 Å². The number of aromatic amines is 1. The van der Waals surface area contributed by atoms with Crippen molar-refractivity contribution in [2.75, 3.05) is 0 Å².